The molecule has 3 heterocycles. The van der Waals surface area contributed by atoms with Crippen molar-refractivity contribution in [3.05, 3.63) is 67.7 Å². The lowest BCUT2D eigenvalue weighted by Gasteiger charge is -2.29. The van der Waals surface area contributed by atoms with Gasteiger partial charge in [0.25, 0.3) is 5.56 Å². The Bertz CT molecular complexity index is 1020. The highest BCUT2D eigenvalue weighted by Gasteiger charge is 2.36. The van der Waals surface area contributed by atoms with E-state index in [1.54, 1.807) is 6.07 Å². The number of ether oxygens (including phenoxy) is 1. The number of halogens is 2. The molecule has 4 rings (SSSR count). The van der Waals surface area contributed by atoms with Gasteiger partial charge >= 0.3 is 14.3 Å². The molecule has 1 N–H and O–H groups in total. The first-order chi connectivity index (χ1) is 14.4. The minimum absolute atomic E-state index is 0.0384. The minimum Gasteiger partial charge on any atom is -0.352 e. The van der Waals surface area contributed by atoms with Crippen molar-refractivity contribution >= 4 is 20.2 Å². The molecule has 0 bridgehead atoms. The Hall–Kier alpha value is -1.61. The van der Waals surface area contributed by atoms with E-state index < -0.39 is 32.2 Å². The van der Waals surface area contributed by atoms with E-state index in [-0.39, 0.29) is 24.4 Å². The SMILES string of the molecule is CC1CC(COP2OCCC(c3cc(Cl)ccc3F)O2)OC1n1ccc(=O)[nH]c1=O. The van der Waals surface area contributed by atoms with E-state index in [1.807, 2.05) is 6.92 Å². The molecule has 0 radical (unpaired) electrons. The number of hydrogen-bond acceptors (Lipinski definition) is 6. The predicted octanol–water partition coefficient (Wildman–Crippen LogP) is 3.67. The van der Waals surface area contributed by atoms with Crippen LogP contribution in [0.1, 0.15) is 37.7 Å². The lowest BCUT2D eigenvalue weighted by molar-refractivity contribution is -0.0370. The summed E-state index contributed by atoms with van der Waals surface area (Å²) >= 11 is 5.98. The van der Waals surface area contributed by atoms with Gasteiger partial charge < -0.3 is 18.3 Å². The van der Waals surface area contributed by atoms with Crippen molar-refractivity contribution in [1.29, 1.82) is 0 Å². The summed E-state index contributed by atoms with van der Waals surface area (Å²) in [6, 6.07) is 5.63. The number of H-pyrrole nitrogens is 1. The van der Waals surface area contributed by atoms with Crippen LogP contribution in [0.3, 0.4) is 0 Å². The molecule has 5 atom stereocenters. The van der Waals surface area contributed by atoms with Crippen LogP contribution in [0.15, 0.2) is 40.1 Å². The van der Waals surface area contributed by atoms with E-state index in [1.165, 1.54) is 29.0 Å². The average Bonchev–Trinajstić information content (AvgIpc) is 3.09. The number of benzene rings is 1. The number of rotatable bonds is 5. The van der Waals surface area contributed by atoms with Crippen LogP contribution in [0.4, 0.5) is 4.39 Å². The van der Waals surface area contributed by atoms with Crippen LogP contribution < -0.4 is 11.2 Å². The summed E-state index contributed by atoms with van der Waals surface area (Å²) in [6.07, 6.45) is 1.30. The van der Waals surface area contributed by atoms with Gasteiger partial charge in [-0.15, -0.1) is 0 Å². The second-order valence-electron chi connectivity index (χ2n) is 7.28. The Morgan fingerprint density at radius 3 is 3.00 bits per heavy atom. The fourth-order valence-corrected chi connectivity index (χ4v) is 4.95. The molecule has 8 nitrogen and oxygen atoms in total. The third-order valence-corrected chi connectivity index (χ3v) is 6.45. The van der Waals surface area contributed by atoms with E-state index in [4.69, 9.17) is 29.9 Å². The van der Waals surface area contributed by atoms with E-state index in [0.717, 1.165) is 0 Å². The highest BCUT2D eigenvalue weighted by molar-refractivity contribution is 7.41. The molecular weight excluding hydrogens is 438 g/mol. The molecule has 1 aromatic heterocycles. The molecule has 2 aliphatic rings. The summed E-state index contributed by atoms with van der Waals surface area (Å²) < 4.78 is 38.6. The van der Waals surface area contributed by atoms with Crippen molar-refractivity contribution < 1.29 is 22.7 Å². The summed E-state index contributed by atoms with van der Waals surface area (Å²) in [7, 11) is -1.67. The molecule has 0 spiro atoms. The summed E-state index contributed by atoms with van der Waals surface area (Å²) in [5, 5.41) is 0.434. The van der Waals surface area contributed by atoms with Gasteiger partial charge in [-0.25, -0.2) is 9.18 Å². The second kappa shape index (κ2) is 9.26. The van der Waals surface area contributed by atoms with Gasteiger partial charge in [-0.2, -0.15) is 0 Å². The summed E-state index contributed by atoms with van der Waals surface area (Å²) in [5.41, 5.74) is -0.595. The fraction of sp³-hybridized carbons (Fsp3) is 0.474. The first-order valence-electron chi connectivity index (χ1n) is 9.55. The largest absolute Gasteiger partial charge is 0.352 e. The van der Waals surface area contributed by atoms with Crippen molar-refractivity contribution in [3.63, 3.8) is 0 Å². The standard InChI is InChI=1S/C19H21ClFN2O6P/c1-11-8-13(28-18(11)23-6-4-17(24)22-19(23)25)10-27-30-26-7-5-16(29-30)14-9-12(20)2-3-15(14)21/h2-4,6,9,11,13,16,18H,5,7-8,10H2,1H3,(H,22,24,25). The van der Waals surface area contributed by atoms with Crippen molar-refractivity contribution in [2.75, 3.05) is 13.2 Å². The highest BCUT2D eigenvalue weighted by Crippen LogP contribution is 2.50. The summed E-state index contributed by atoms with van der Waals surface area (Å²) in [5.74, 6) is -0.347. The Morgan fingerprint density at radius 1 is 1.37 bits per heavy atom. The first kappa shape index (κ1) is 21.6. The molecule has 0 amide bonds. The Morgan fingerprint density at radius 2 is 2.20 bits per heavy atom. The molecule has 0 saturated carbocycles. The average molecular weight is 459 g/mol. The number of nitrogens with zero attached hydrogens (tertiary/aromatic N) is 1. The van der Waals surface area contributed by atoms with Crippen LogP contribution >= 0.6 is 20.2 Å². The lowest BCUT2D eigenvalue weighted by atomic mass is 10.1. The Kier molecular flexibility index (Phi) is 6.67. The number of nitrogens with one attached hydrogen (secondary N) is 1. The van der Waals surface area contributed by atoms with Crippen LogP contribution in [-0.4, -0.2) is 28.9 Å². The molecule has 30 heavy (non-hydrogen) atoms. The third kappa shape index (κ3) is 4.82. The molecule has 11 heteroatoms. The first-order valence-corrected chi connectivity index (χ1v) is 11.0. The van der Waals surface area contributed by atoms with Gasteiger partial charge in [0.2, 0.25) is 0 Å². The minimum atomic E-state index is -1.67. The predicted molar refractivity (Wildman–Crippen MR) is 108 cm³/mol. The molecular formula is C19H21ClFN2O6P. The van der Waals surface area contributed by atoms with Crippen molar-refractivity contribution in [2.24, 2.45) is 5.92 Å². The monoisotopic (exact) mass is 458 g/mol. The van der Waals surface area contributed by atoms with Gasteiger partial charge in [-0.1, -0.05) is 18.5 Å². The molecule has 2 saturated heterocycles. The summed E-state index contributed by atoms with van der Waals surface area (Å²) in [6.45, 7) is 2.54. The quantitative estimate of drug-likeness (QED) is 0.687. The topological polar surface area (TPSA) is 91.8 Å². The van der Waals surface area contributed by atoms with Gasteiger partial charge in [0, 0.05) is 35.2 Å². The number of aromatic nitrogens is 2. The second-order valence-corrected chi connectivity index (χ2v) is 8.89. The third-order valence-electron chi connectivity index (χ3n) is 5.04. The molecule has 162 valence electrons. The number of hydrogen-bond donors (Lipinski definition) is 1. The zero-order valence-electron chi connectivity index (χ0n) is 16.1. The molecule has 2 fully saturated rings. The van der Waals surface area contributed by atoms with Crippen LogP contribution in [0.2, 0.25) is 5.02 Å². The van der Waals surface area contributed by atoms with Crippen LogP contribution in [0, 0.1) is 11.7 Å². The van der Waals surface area contributed by atoms with Gasteiger partial charge in [0.05, 0.1) is 25.4 Å². The zero-order chi connectivity index (χ0) is 21.3. The molecule has 2 aromatic rings. The van der Waals surface area contributed by atoms with E-state index in [9.17, 15) is 14.0 Å². The van der Waals surface area contributed by atoms with Crippen LogP contribution in [-0.2, 0) is 18.3 Å². The van der Waals surface area contributed by atoms with Gasteiger partial charge in [-0.05, 0) is 24.6 Å². The fourth-order valence-electron chi connectivity index (χ4n) is 3.60. The van der Waals surface area contributed by atoms with Crippen LogP contribution in [0.25, 0.3) is 0 Å². The van der Waals surface area contributed by atoms with Gasteiger partial charge in [0.15, 0.2) is 0 Å². The molecule has 5 unspecified atom stereocenters. The van der Waals surface area contributed by atoms with Crippen LogP contribution in [0.5, 0.6) is 0 Å². The Labute approximate surface area is 177 Å². The van der Waals surface area contributed by atoms with E-state index in [0.29, 0.717) is 30.0 Å². The van der Waals surface area contributed by atoms with Gasteiger partial charge in [0.1, 0.15) is 12.0 Å². The molecule has 1 aromatic carbocycles. The van der Waals surface area contributed by atoms with E-state index >= 15 is 0 Å². The molecule has 0 aliphatic carbocycles. The van der Waals surface area contributed by atoms with Crippen molar-refractivity contribution in [2.45, 2.75) is 38.2 Å². The normalized spacial score (nSPS) is 29.2. The van der Waals surface area contributed by atoms with Crippen molar-refractivity contribution in [3.8, 4) is 0 Å². The number of aromatic amines is 1. The van der Waals surface area contributed by atoms with Gasteiger partial charge in [-0.3, -0.25) is 14.3 Å². The van der Waals surface area contributed by atoms with E-state index in [2.05, 4.69) is 4.98 Å². The summed E-state index contributed by atoms with van der Waals surface area (Å²) in [4.78, 5) is 25.5. The smallest absolute Gasteiger partial charge is 0.333 e. The Balaban J connectivity index is 1.35. The zero-order valence-corrected chi connectivity index (χ0v) is 17.8. The maximum atomic E-state index is 14.1. The highest BCUT2D eigenvalue weighted by atomic mass is 35.5. The molecule has 2 aliphatic heterocycles. The van der Waals surface area contributed by atoms with Crippen molar-refractivity contribution in [1.82, 2.24) is 9.55 Å². The lowest BCUT2D eigenvalue weighted by Crippen LogP contribution is -2.33. The maximum absolute atomic E-state index is 14.1. The maximum Gasteiger partial charge on any atom is 0.333 e.